The maximum Gasteiger partial charge on any atom is 0.403 e. The van der Waals surface area contributed by atoms with Gasteiger partial charge >= 0.3 is 6.18 Å². The van der Waals surface area contributed by atoms with E-state index in [1.807, 2.05) is 10.3 Å². The number of aryl methyl sites for hydroxylation is 1. The molecule has 2 heterocycles. The van der Waals surface area contributed by atoms with E-state index >= 15 is 0 Å². The van der Waals surface area contributed by atoms with Crippen molar-refractivity contribution in [3.05, 3.63) is 21.9 Å². The Morgan fingerprint density at radius 2 is 1.96 bits per heavy atom. The third kappa shape index (κ3) is 5.48. The molecule has 1 aliphatic heterocycles. The van der Waals surface area contributed by atoms with Crippen LogP contribution in [0.1, 0.15) is 17.4 Å². The zero-order valence-corrected chi connectivity index (χ0v) is 17.2. The fourth-order valence-electron chi connectivity index (χ4n) is 2.60. The number of nitrogens with zero attached hydrogens (tertiary/aromatic N) is 3. The van der Waals surface area contributed by atoms with E-state index in [0.29, 0.717) is 32.7 Å². The second-order valence-electron chi connectivity index (χ2n) is 5.67. The Hall–Kier alpha value is -0.550. The number of aliphatic imine (C=N–C) groups is 1. The van der Waals surface area contributed by atoms with E-state index in [-0.39, 0.29) is 24.0 Å². The largest absolute Gasteiger partial charge is 0.403 e. The molecule has 0 bridgehead atoms. The summed E-state index contributed by atoms with van der Waals surface area (Å²) in [5.41, 5.74) is 1.24. The Morgan fingerprint density at radius 1 is 1.33 bits per heavy atom. The van der Waals surface area contributed by atoms with E-state index < -0.39 is 12.2 Å². The van der Waals surface area contributed by atoms with Gasteiger partial charge in [0, 0.05) is 38.1 Å². The van der Waals surface area contributed by atoms with Crippen LogP contribution in [0, 0.1) is 6.92 Å². The highest BCUT2D eigenvalue weighted by atomic mass is 127. The summed E-state index contributed by atoms with van der Waals surface area (Å²) in [7, 11) is 1.70. The van der Waals surface area contributed by atoms with Crippen LogP contribution in [0.15, 0.2) is 16.4 Å². The number of hydrogen-bond acceptors (Lipinski definition) is 3. The molecule has 1 aliphatic rings. The summed E-state index contributed by atoms with van der Waals surface area (Å²) in [6, 6.07) is 0.676. The second-order valence-corrected chi connectivity index (χ2v) is 6.67. The van der Waals surface area contributed by atoms with Crippen molar-refractivity contribution in [2.75, 3.05) is 33.2 Å². The zero-order chi connectivity index (χ0) is 17.0. The van der Waals surface area contributed by atoms with Gasteiger partial charge in [-0.05, 0) is 30.9 Å². The minimum Gasteiger partial charge on any atom is -0.351 e. The predicted molar refractivity (Wildman–Crippen MR) is 103 cm³/mol. The fraction of sp³-hybridized carbons (Fsp3) is 0.667. The van der Waals surface area contributed by atoms with Crippen LogP contribution < -0.4 is 5.32 Å². The number of alkyl halides is 3. The van der Waals surface area contributed by atoms with Crippen LogP contribution in [0.4, 0.5) is 13.2 Å². The quantitative estimate of drug-likeness (QED) is 0.413. The highest BCUT2D eigenvalue weighted by Crippen LogP contribution is 2.25. The first-order chi connectivity index (χ1) is 10.8. The lowest BCUT2D eigenvalue weighted by Gasteiger charge is -2.39. The van der Waals surface area contributed by atoms with E-state index in [1.165, 1.54) is 22.3 Å². The Balaban J connectivity index is 0.00000288. The molecule has 0 aliphatic carbocycles. The number of piperazine rings is 1. The molecular formula is C15H24F3IN4S. The Kier molecular flexibility index (Phi) is 8.27. The minimum atomic E-state index is -4.17. The first kappa shape index (κ1) is 21.5. The molecule has 138 valence electrons. The molecule has 1 fully saturated rings. The van der Waals surface area contributed by atoms with Crippen molar-refractivity contribution >= 4 is 41.3 Å². The first-order valence-electron chi connectivity index (χ1n) is 7.62. The van der Waals surface area contributed by atoms with Crippen molar-refractivity contribution in [3.63, 3.8) is 0 Å². The molecule has 0 spiro atoms. The molecule has 1 aromatic heterocycles. The summed E-state index contributed by atoms with van der Waals surface area (Å²) in [6.45, 7) is 5.84. The highest BCUT2D eigenvalue weighted by Gasteiger charge is 2.41. The maximum absolute atomic E-state index is 12.8. The van der Waals surface area contributed by atoms with Gasteiger partial charge < -0.3 is 10.2 Å². The van der Waals surface area contributed by atoms with Crippen molar-refractivity contribution in [1.29, 1.82) is 0 Å². The molecule has 0 aromatic carbocycles. The molecule has 2 rings (SSSR count). The monoisotopic (exact) mass is 476 g/mol. The second kappa shape index (κ2) is 9.23. The third-order valence-corrected chi connectivity index (χ3v) is 5.25. The molecule has 1 unspecified atom stereocenters. The molecule has 1 aromatic rings. The topological polar surface area (TPSA) is 30.9 Å². The van der Waals surface area contributed by atoms with Gasteiger partial charge in [0.2, 0.25) is 0 Å². The number of hydrogen-bond donors (Lipinski definition) is 1. The Morgan fingerprint density at radius 3 is 2.42 bits per heavy atom. The molecule has 4 nitrogen and oxygen atoms in total. The van der Waals surface area contributed by atoms with Gasteiger partial charge in [-0.2, -0.15) is 13.2 Å². The molecule has 1 saturated heterocycles. The molecule has 0 saturated carbocycles. The van der Waals surface area contributed by atoms with Crippen molar-refractivity contribution < 1.29 is 13.2 Å². The molecule has 24 heavy (non-hydrogen) atoms. The average molecular weight is 476 g/mol. The van der Waals surface area contributed by atoms with Crippen molar-refractivity contribution in [3.8, 4) is 0 Å². The van der Waals surface area contributed by atoms with Gasteiger partial charge in [0.05, 0.1) is 6.54 Å². The number of rotatable bonds is 3. The summed E-state index contributed by atoms with van der Waals surface area (Å²) in [5.74, 6) is 0.747. The molecular weight excluding hydrogens is 452 g/mol. The summed E-state index contributed by atoms with van der Waals surface area (Å²) >= 11 is 1.69. The van der Waals surface area contributed by atoms with E-state index in [4.69, 9.17) is 0 Å². The lowest BCUT2D eigenvalue weighted by Crippen LogP contribution is -2.56. The van der Waals surface area contributed by atoms with Gasteiger partial charge in [0.15, 0.2) is 5.96 Å². The molecule has 0 amide bonds. The SMILES string of the molecule is CN=C(NCc1sccc1C)N1CCN(C(C)C(F)(F)F)CC1.I. The normalized spacial score (nSPS) is 18.2. The smallest absolute Gasteiger partial charge is 0.351 e. The highest BCUT2D eigenvalue weighted by molar-refractivity contribution is 14.0. The summed E-state index contributed by atoms with van der Waals surface area (Å²) < 4.78 is 38.3. The van der Waals surface area contributed by atoms with Gasteiger partial charge in [-0.15, -0.1) is 35.3 Å². The van der Waals surface area contributed by atoms with Crippen molar-refractivity contribution in [2.24, 2.45) is 4.99 Å². The first-order valence-corrected chi connectivity index (χ1v) is 8.50. The van der Waals surface area contributed by atoms with Crippen LogP contribution in [-0.2, 0) is 6.54 Å². The van der Waals surface area contributed by atoms with Crippen LogP contribution in [0.5, 0.6) is 0 Å². The van der Waals surface area contributed by atoms with Crippen LogP contribution in [0.2, 0.25) is 0 Å². The van der Waals surface area contributed by atoms with Crippen LogP contribution >= 0.6 is 35.3 Å². The lowest BCUT2D eigenvalue weighted by molar-refractivity contribution is -0.181. The Labute approximate surface area is 162 Å². The number of halogens is 4. The number of thiophene rings is 1. The van der Waals surface area contributed by atoms with Gasteiger partial charge in [0.1, 0.15) is 6.04 Å². The van der Waals surface area contributed by atoms with Crippen molar-refractivity contribution in [2.45, 2.75) is 32.6 Å². The van der Waals surface area contributed by atoms with Crippen LogP contribution in [0.3, 0.4) is 0 Å². The van der Waals surface area contributed by atoms with E-state index in [1.54, 1.807) is 18.4 Å². The van der Waals surface area contributed by atoms with Crippen LogP contribution in [0.25, 0.3) is 0 Å². The number of nitrogens with one attached hydrogen (secondary N) is 1. The fourth-order valence-corrected chi connectivity index (χ4v) is 3.45. The maximum atomic E-state index is 12.8. The van der Waals surface area contributed by atoms with Gasteiger partial charge in [0.25, 0.3) is 0 Å². The van der Waals surface area contributed by atoms with E-state index in [0.717, 1.165) is 5.96 Å². The number of guanidine groups is 1. The summed E-state index contributed by atoms with van der Waals surface area (Å²) in [6.07, 6.45) is -4.17. The third-order valence-electron chi connectivity index (χ3n) is 4.22. The van der Waals surface area contributed by atoms with Crippen LogP contribution in [-0.4, -0.2) is 61.2 Å². The molecule has 1 N–H and O–H groups in total. The zero-order valence-electron chi connectivity index (χ0n) is 14.1. The predicted octanol–water partition coefficient (Wildman–Crippen LogP) is 3.32. The summed E-state index contributed by atoms with van der Waals surface area (Å²) in [4.78, 5) is 9.00. The lowest BCUT2D eigenvalue weighted by atomic mass is 10.2. The standard InChI is InChI=1S/C15H23F3N4S.HI/c1-11-4-9-23-13(11)10-20-14(19-3)22-7-5-21(6-8-22)12(2)15(16,17)18;/h4,9,12H,5-8,10H2,1-3H3,(H,19,20);1H. The Bertz CT molecular complexity index is 539. The van der Waals surface area contributed by atoms with Crippen molar-refractivity contribution in [1.82, 2.24) is 15.1 Å². The summed E-state index contributed by atoms with van der Waals surface area (Å²) in [5, 5.41) is 5.35. The molecule has 9 heteroatoms. The van der Waals surface area contributed by atoms with Gasteiger partial charge in [-0.3, -0.25) is 9.89 Å². The minimum absolute atomic E-state index is 0. The molecule has 1 atom stereocenters. The average Bonchev–Trinajstić information content (AvgIpc) is 2.92. The molecule has 0 radical (unpaired) electrons. The van der Waals surface area contributed by atoms with E-state index in [9.17, 15) is 13.2 Å². The van der Waals surface area contributed by atoms with E-state index in [2.05, 4.69) is 23.3 Å². The van der Waals surface area contributed by atoms with Gasteiger partial charge in [-0.25, -0.2) is 0 Å². The van der Waals surface area contributed by atoms with Gasteiger partial charge in [-0.1, -0.05) is 0 Å².